The Morgan fingerprint density at radius 2 is 2.10 bits per heavy atom. The Hall–Kier alpha value is -2.16. The lowest BCUT2D eigenvalue weighted by Crippen LogP contribution is -2.39. The number of thiophene rings is 1. The van der Waals surface area contributed by atoms with Gasteiger partial charge in [-0.1, -0.05) is 30.3 Å². The fourth-order valence-electron chi connectivity index (χ4n) is 1.88. The summed E-state index contributed by atoms with van der Waals surface area (Å²) in [6.45, 7) is -0.145. The van der Waals surface area contributed by atoms with Crippen LogP contribution in [0.25, 0.3) is 0 Å². The lowest BCUT2D eigenvalue weighted by atomic mass is 10.1. The fourth-order valence-corrected chi connectivity index (χ4v) is 2.63. The van der Waals surface area contributed by atoms with Gasteiger partial charge in [0.05, 0.1) is 18.2 Å². The van der Waals surface area contributed by atoms with Crippen molar-refractivity contribution in [2.24, 2.45) is 0 Å². The first kappa shape index (κ1) is 14.3. The zero-order valence-electron chi connectivity index (χ0n) is 10.7. The summed E-state index contributed by atoms with van der Waals surface area (Å²) in [7, 11) is 0. The molecule has 0 bridgehead atoms. The molecule has 1 atom stereocenters. The van der Waals surface area contributed by atoms with Gasteiger partial charge in [0, 0.05) is 0 Å². The van der Waals surface area contributed by atoms with Gasteiger partial charge in [0.1, 0.15) is 10.9 Å². The minimum atomic E-state index is -0.362. The van der Waals surface area contributed by atoms with Crippen LogP contribution in [0.5, 0.6) is 0 Å². The van der Waals surface area contributed by atoms with Gasteiger partial charge >= 0.3 is 0 Å². The molecule has 0 spiro atoms. The fraction of sp³-hybridized carbons (Fsp3) is 0.200. The van der Waals surface area contributed by atoms with E-state index in [4.69, 9.17) is 5.26 Å². The quantitative estimate of drug-likeness (QED) is 0.882. The van der Waals surface area contributed by atoms with E-state index in [0.29, 0.717) is 16.9 Å². The Kier molecular flexibility index (Phi) is 4.88. The van der Waals surface area contributed by atoms with Crippen molar-refractivity contribution < 1.29 is 9.90 Å². The molecule has 1 aromatic heterocycles. The molecule has 0 saturated heterocycles. The van der Waals surface area contributed by atoms with E-state index in [-0.39, 0.29) is 18.6 Å². The predicted octanol–water partition coefficient (Wildman–Crippen LogP) is 1.95. The summed E-state index contributed by atoms with van der Waals surface area (Å²) < 4.78 is 0. The summed E-state index contributed by atoms with van der Waals surface area (Å²) in [5, 5.41) is 22.8. The second kappa shape index (κ2) is 6.85. The normalized spacial score (nSPS) is 11.6. The summed E-state index contributed by atoms with van der Waals surface area (Å²) >= 11 is 1.22. The molecule has 4 nitrogen and oxygen atoms in total. The highest BCUT2D eigenvalue weighted by Gasteiger charge is 2.17. The number of aliphatic hydroxyl groups is 1. The van der Waals surface area contributed by atoms with E-state index in [0.717, 1.165) is 5.56 Å². The SMILES string of the molecule is N#Cc1ccsc1C(=O)NC(CO)Cc1ccccc1. The molecular formula is C15H14N2O2S. The molecule has 0 fully saturated rings. The van der Waals surface area contributed by atoms with Gasteiger partial charge in [-0.3, -0.25) is 4.79 Å². The Morgan fingerprint density at radius 3 is 2.75 bits per heavy atom. The van der Waals surface area contributed by atoms with Crippen molar-refractivity contribution >= 4 is 17.2 Å². The largest absolute Gasteiger partial charge is 0.394 e. The maximum absolute atomic E-state index is 12.1. The maximum Gasteiger partial charge on any atom is 0.263 e. The first-order valence-electron chi connectivity index (χ1n) is 6.18. The van der Waals surface area contributed by atoms with Crippen LogP contribution in [0.3, 0.4) is 0 Å². The van der Waals surface area contributed by atoms with Crippen molar-refractivity contribution in [3.8, 4) is 6.07 Å². The second-order valence-electron chi connectivity index (χ2n) is 4.32. The van der Waals surface area contributed by atoms with Crippen LogP contribution in [0, 0.1) is 11.3 Å². The van der Waals surface area contributed by atoms with E-state index >= 15 is 0 Å². The molecule has 102 valence electrons. The summed E-state index contributed by atoms with van der Waals surface area (Å²) in [6.07, 6.45) is 0.552. The molecule has 0 aliphatic rings. The molecule has 0 radical (unpaired) electrons. The first-order chi connectivity index (χ1) is 9.74. The highest BCUT2D eigenvalue weighted by molar-refractivity contribution is 7.12. The third-order valence-corrected chi connectivity index (χ3v) is 3.79. The minimum absolute atomic E-state index is 0.145. The van der Waals surface area contributed by atoms with Gasteiger partial charge in [-0.25, -0.2) is 0 Å². The molecule has 1 amide bonds. The van der Waals surface area contributed by atoms with Crippen LogP contribution < -0.4 is 5.32 Å². The number of rotatable bonds is 5. The van der Waals surface area contributed by atoms with E-state index in [1.165, 1.54) is 11.3 Å². The van der Waals surface area contributed by atoms with Crippen molar-refractivity contribution in [2.45, 2.75) is 12.5 Å². The predicted molar refractivity (Wildman–Crippen MR) is 77.5 cm³/mol. The zero-order chi connectivity index (χ0) is 14.4. The van der Waals surface area contributed by atoms with Crippen LogP contribution in [-0.4, -0.2) is 23.7 Å². The highest BCUT2D eigenvalue weighted by Crippen LogP contribution is 2.16. The molecular weight excluding hydrogens is 272 g/mol. The van der Waals surface area contributed by atoms with Gasteiger partial charge in [0.2, 0.25) is 0 Å². The van der Waals surface area contributed by atoms with Crippen LogP contribution in [0.1, 0.15) is 20.8 Å². The van der Waals surface area contributed by atoms with Gasteiger partial charge in [0.15, 0.2) is 0 Å². The van der Waals surface area contributed by atoms with Crippen LogP contribution in [0.15, 0.2) is 41.8 Å². The number of carbonyl (C=O) groups is 1. The number of hydrogen-bond donors (Lipinski definition) is 2. The zero-order valence-corrected chi connectivity index (χ0v) is 11.6. The standard InChI is InChI=1S/C15H14N2O2S/c16-9-12-6-7-20-14(12)15(19)17-13(10-18)8-11-4-2-1-3-5-11/h1-7,13,18H,8,10H2,(H,17,19). The van der Waals surface area contributed by atoms with Crippen LogP contribution in [0.2, 0.25) is 0 Å². The van der Waals surface area contributed by atoms with Crippen molar-refractivity contribution in [3.63, 3.8) is 0 Å². The summed E-state index contributed by atoms with van der Waals surface area (Å²) in [4.78, 5) is 12.5. The molecule has 1 heterocycles. The molecule has 1 unspecified atom stereocenters. The number of amides is 1. The number of nitriles is 1. The van der Waals surface area contributed by atoms with E-state index in [1.54, 1.807) is 11.4 Å². The maximum atomic E-state index is 12.1. The number of carbonyl (C=O) groups excluding carboxylic acids is 1. The van der Waals surface area contributed by atoms with Crippen molar-refractivity contribution in [2.75, 3.05) is 6.61 Å². The average Bonchev–Trinajstić information content (AvgIpc) is 2.96. The van der Waals surface area contributed by atoms with E-state index in [2.05, 4.69) is 5.32 Å². The first-order valence-corrected chi connectivity index (χ1v) is 7.05. The molecule has 0 aliphatic heterocycles. The van der Waals surface area contributed by atoms with Gasteiger partial charge < -0.3 is 10.4 Å². The molecule has 0 aliphatic carbocycles. The third-order valence-electron chi connectivity index (χ3n) is 2.87. The Morgan fingerprint density at radius 1 is 1.35 bits per heavy atom. The molecule has 2 rings (SSSR count). The Balaban J connectivity index is 2.04. The number of nitrogens with one attached hydrogen (secondary N) is 1. The monoisotopic (exact) mass is 286 g/mol. The topological polar surface area (TPSA) is 73.1 Å². The lowest BCUT2D eigenvalue weighted by molar-refractivity contribution is 0.0920. The smallest absolute Gasteiger partial charge is 0.263 e. The third kappa shape index (κ3) is 3.44. The highest BCUT2D eigenvalue weighted by atomic mass is 32.1. The van der Waals surface area contributed by atoms with Crippen LogP contribution in [0.4, 0.5) is 0 Å². The molecule has 0 saturated carbocycles. The summed E-state index contributed by atoms with van der Waals surface area (Å²) in [5.74, 6) is -0.313. The average molecular weight is 286 g/mol. The Labute approximate surface area is 121 Å². The van der Waals surface area contributed by atoms with Crippen molar-refractivity contribution in [3.05, 3.63) is 57.8 Å². The van der Waals surface area contributed by atoms with Gasteiger partial charge in [0.25, 0.3) is 5.91 Å². The number of hydrogen-bond acceptors (Lipinski definition) is 4. The molecule has 20 heavy (non-hydrogen) atoms. The molecule has 1 aromatic carbocycles. The van der Waals surface area contributed by atoms with E-state index < -0.39 is 0 Å². The van der Waals surface area contributed by atoms with Gasteiger partial charge in [-0.05, 0) is 23.4 Å². The Bertz CT molecular complexity index is 616. The second-order valence-corrected chi connectivity index (χ2v) is 5.23. The molecule has 5 heteroatoms. The minimum Gasteiger partial charge on any atom is -0.394 e. The van der Waals surface area contributed by atoms with Gasteiger partial charge in [-0.15, -0.1) is 11.3 Å². The van der Waals surface area contributed by atoms with Crippen molar-refractivity contribution in [1.82, 2.24) is 5.32 Å². The van der Waals surface area contributed by atoms with Crippen LogP contribution >= 0.6 is 11.3 Å². The van der Waals surface area contributed by atoms with E-state index in [9.17, 15) is 9.90 Å². The number of nitrogens with zero attached hydrogens (tertiary/aromatic N) is 1. The summed E-state index contributed by atoms with van der Waals surface area (Å²) in [6, 6.07) is 12.9. The van der Waals surface area contributed by atoms with Gasteiger partial charge in [-0.2, -0.15) is 5.26 Å². The van der Waals surface area contributed by atoms with E-state index in [1.807, 2.05) is 36.4 Å². The summed E-state index contributed by atoms with van der Waals surface area (Å²) in [5.41, 5.74) is 1.41. The molecule has 2 N–H and O–H groups in total. The van der Waals surface area contributed by atoms with Crippen molar-refractivity contribution in [1.29, 1.82) is 5.26 Å². The number of benzene rings is 1. The molecule has 2 aromatic rings. The lowest BCUT2D eigenvalue weighted by Gasteiger charge is -2.16. The van der Waals surface area contributed by atoms with Crippen LogP contribution in [-0.2, 0) is 6.42 Å². The number of aliphatic hydroxyl groups excluding tert-OH is 1.